The van der Waals surface area contributed by atoms with Gasteiger partial charge in [0, 0.05) is 6.54 Å². The second-order valence-electron chi connectivity index (χ2n) is 4.71. The van der Waals surface area contributed by atoms with Crippen molar-refractivity contribution in [2.45, 2.75) is 47.5 Å². The van der Waals surface area contributed by atoms with Crippen LogP contribution in [0.5, 0.6) is 0 Å². The van der Waals surface area contributed by atoms with Crippen molar-refractivity contribution in [2.24, 2.45) is 5.92 Å². The molecule has 0 unspecified atom stereocenters. The number of rotatable bonds is 5. The standard InChI is InChI=1S/C13H23N3/c1-6-7-14-13-12(8-9(2)3)15-10(4)11(5)16-13/h9H,6-8H2,1-5H3,(H,14,16). The minimum atomic E-state index is 0.610. The van der Waals surface area contributed by atoms with E-state index in [1.165, 1.54) is 0 Å². The van der Waals surface area contributed by atoms with E-state index in [0.717, 1.165) is 42.3 Å². The molecule has 0 atom stereocenters. The Morgan fingerprint density at radius 2 is 1.75 bits per heavy atom. The molecule has 1 N–H and O–H groups in total. The summed E-state index contributed by atoms with van der Waals surface area (Å²) < 4.78 is 0. The van der Waals surface area contributed by atoms with Crippen LogP contribution in [0, 0.1) is 19.8 Å². The highest BCUT2D eigenvalue weighted by molar-refractivity contribution is 5.42. The Balaban J connectivity index is 2.96. The van der Waals surface area contributed by atoms with E-state index in [0.29, 0.717) is 5.92 Å². The highest BCUT2D eigenvalue weighted by Crippen LogP contribution is 2.17. The van der Waals surface area contributed by atoms with E-state index in [1.54, 1.807) is 0 Å². The summed E-state index contributed by atoms with van der Waals surface area (Å²) in [5, 5.41) is 3.36. The van der Waals surface area contributed by atoms with Gasteiger partial charge in [-0.3, -0.25) is 4.98 Å². The van der Waals surface area contributed by atoms with Crippen LogP contribution in [0.2, 0.25) is 0 Å². The molecular formula is C13H23N3. The van der Waals surface area contributed by atoms with Crippen LogP contribution in [0.1, 0.15) is 44.3 Å². The second kappa shape index (κ2) is 5.83. The first-order valence-electron chi connectivity index (χ1n) is 6.12. The van der Waals surface area contributed by atoms with Gasteiger partial charge in [-0.1, -0.05) is 20.8 Å². The Hall–Kier alpha value is -1.12. The van der Waals surface area contributed by atoms with Crippen LogP contribution in [-0.4, -0.2) is 16.5 Å². The number of hydrogen-bond acceptors (Lipinski definition) is 3. The zero-order valence-electron chi connectivity index (χ0n) is 11.1. The molecule has 1 aromatic rings. The first-order chi connectivity index (χ1) is 7.54. The molecule has 0 aromatic carbocycles. The normalized spacial score (nSPS) is 10.9. The number of hydrogen-bond donors (Lipinski definition) is 1. The molecule has 0 radical (unpaired) electrons. The van der Waals surface area contributed by atoms with Gasteiger partial charge in [0.25, 0.3) is 0 Å². The maximum Gasteiger partial charge on any atom is 0.148 e. The fraction of sp³-hybridized carbons (Fsp3) is 0.692. The predicted molar refractivity (Wildman–Crippen MR) is 68.8 cm³/mol. The molecule has 0 amide bonds. The van der Waals surface area contributed by atoms with Gasteiger partial charge in [0.2, 0.25) is 0 Å². The molecule has 0 fully saturated rings. The molecule has 16 heavy (non-hydrogen) atoms. The van der Waals surface area contributed by atoms with Gasteiger partial charge >= 0.3 is 0 Å². The number of nitrogens with zero attached hydrogens (tertiary/aromatic N) is 2. The van der Waals surface area contributed by atoms with Crippen LogP contribution < -0.4 is 5.32 Å². The SMILES string of the molecule is CCCNc1nc(C)c(C)nc1CC(C)C. The van der Waals surface area contributed by atoms with Gasteiger partial charge in [0.15, 0.2) is 0 Å². The first-order valence-corrected chi connectivity index (χ1v) is 6.12. The Morgan fingerprint density at radius 3 is 2.31 bits per heavy atom. The summed E-state index contributed by atoms with van der Waals surface area (Å²) >= 11 is 0. The fourth-order valence-corrected chi connectivity index (χ4v) is 1.56. The molecule has 0 bridgehead atoms. The van der Waals surface area contributed by atoms with Gasteiger partial charge < -0.3 is 5.32 Å². The van der Waals surface area contributed by atoms with Crippen molar-refractivity contribution in [3.8, 4) is 0 Å². The summed E-state index contributed by atoms with van der Waals surface area (Å²) in [5.41, 5.74) is 3.16. The van der Waals surface area contributed by atoms with Crippen LogP contribution in [0.3, 0.4) is 0 Å². The Bertz CT molecular complexity index is 345. The predicted octanol–water partition coefficient (Wildman–Crippen LogP) is 3.11. The van der Waals surface area contributed by atoms with Crippen molar-refractivity contribution in [3.63, 3.8) is 0 Å². The van der Waals surface area contributed by atoms with Crippen LogP contribution in [0.25, 0.3) is 0 Å². The van der Waals surface area contributed by atoms with E-state index >= 15 is 0 Å². The van der Waals surface area contributed by atoms with E-state index < -0.39 is 0 Å². The van der Waals surface area contributed by atoms with Gasteiger partial charge in [0.05, 0.1) is 17.1 Å². The summed E-state index contributed by atoms with van der Waals surface area (Å²) in [5.74, 6) is 1.58. The van der Waals surface area contributed by atoms with Crippen LogP contribution >= 0.6 is 0 Å². The van der Waals surface area contributed by atoms with Crippen LogP contribution in [0.15, 0.2) is 0 Å². The van der Waals surface area contributed by atoms with Gasteiger partial charge in [-0.2, -0.15) is 0 Å². The third-order valence-corrected chi connectivity index (χ3v) is 2.52. The number of aryl methyl sites for hydroxylation is 2. The average Bonchev–Trinajstić information content (AvgIpc) is 2.20. The van der Waals surface area contributed by atoms with Crippen molar-refractivity contribution in [3.05, 3.63) is 17.1 Å². The minimum absolute atomic E-state index is 0.610. The van der Waals surface area contributed by atoms with E-state index in [1.807, 2.05) is 13.8 Å². The van der Waals surface area contributed by atoms with Crippen LogP contribution in [0.4, 0.5) is 5.82 Å². The zero-order valence-corrected chi connectivity index (χ0v) is 11.1. The van der Waals surface area contributed by atoms with E-state index in [9.17, 15) is 0 Å². The summed E-state index contributed by atoms with van der Waals surface area (Å²) in [6, 6.07) is 0. The van der Waals surface area contributed by atoms with Gasteiger partial charge in [-0.05, 0) is 32.6 Å². The summed E-state index contributed by atoms with van der Waals surface area (Å²) in [6.45, 7) is 11.6. The molecule has 3 nitrogen and oxygen atoms in total. The third kappa shape index (κ3) is 3.47. The molecule has 0 aliphatic rings. The van der Waals surface area contributed by atoms with Crippen molar-refractivity contribution in [1.29, 1.82) is 0 Å². The summed E-state index contributed by atoms with van der Waals surface area (Å²) in [6.07, 6.45) is 2.09. The maximum atomic E-state index is 4.64. The molecule has 0 aliphatic heterocycles. The third-order valence-electron chi connectivity index (χ3n) is 2.52. The summed E-state index contributed by atoms with van der Waals surface area (Å²) in [7, 11) is 0. The minimum Gasteiger partial charge on any atom is -0.369 e. The molecule has 3 heteroatoms. The lowest BCUT2D eigenvalue weighted by molar-refractivity contribution is 0.631. The quantitative estimate of drug-likeness (QED) is 0.830. The lowest BCUT2D eigenvalue weighted by Crippen LogP contribution is -2.11. The summed E-state index contributed by atoms with van der Waals surface area (Å²) in [4.78, 5) is 9.23. The van der Waals surface area contributed by atoms with E-state index in [4.69, 9.17) is 0 Å². The molecule has 0 spiro atoms. The average molecular weight is 221 g/mol. The Morgan fingerprint density at radius 1 is 1.12 bits per heavy atom. The molecule has 1 heterocycles. The van der Waals surface area contributed by atoms with E-state index in [2.05, 4.69) is 36.1 Å². The number of aromatic nitrogens is 2. The monoisotopic (exact) mass is 221 g/mol. The number of nitrogens with one attached hydrogen (secondary N) is 1. The molecule has 90 valence electrons. The molecule has 1 aromatic heterocycles. The largest absolute Gasteiger partial charge is 0.369 e. The lowest BCUT2D eigenvalue weighted by Gasteiger charge is -2.13. The van der Waals surface area contributed by atoms with Crippen molar-refractivity contribution in [1.82, 2.24) is 9.97 Å². The van der Waals surface area contributed by atoms with Crippen molar-refractivity contribution >= 4 is 5.82 Å². The second-order valence-corrected chi connectivity index (χ2v) is 4.71. The molecule has 1 rings (SSSR count). The Kier molecular flexibility index (Phi) is 4.71. The van der Waals surface area contributed by atoms with Gasteiger partial charge in [-0.25, -0.2) is 4.98 Å². The molecular weight excluding hydrogens is 198 g/mol. The smallest absolute Gasteiger partial charge is 0.148 e. The van der Waals surface area contributed by atoms with Crippen molar-refractivity contribution < 1.29 is 0 Å². The topological polar surface area (TPSA) is 37.8 Å². The highest BCUT2D eigenvalue weighted by atomic mass is 15.0. The zero-order chi connectivity index (χ0) is 12.1. The van der Waals surface area contributed by atoms with E-state index in [-0.39, 0.29) is 0 Å². The maximum absolute atomic E-state index is 4.64. The van der Waals surface area contributed by atoms with Crippen LogP contribution in [-0.2, 0) is 6.42 Å². The fourth-order valence-electron chi connectivity index (χ4n) is 1.56. The molecule has 0 aliphatic carbocycles. The molecule has 0 saturated carbocycles. The Labute approximate surface area is 98.7 Å². The first kappa shape index (κ1) is 12.9. The van der Waals surface area contributed by atoms with Gasteiger partial charge in [-0.15, -0.1) is 0 Å². The highest BCUT2D eigenvalue weighted by Gasteiger charge is 2.10. The number of anilines is 1. The lowest BCUT2D eigenvalue weighted by atomic mass is 10.1. The molecule has 0 saturated heterocycles. The van der Waals surface area contributed by atoms with Crippen molar-refractivity contribution in [2.75, 3.05) is 11.9 Å². The van der Waals surface area contributed by atoms with Gasteiger partial charge in [0.1, 0.15) is 5.82 Å².